The van der Waals surface area contributed by atoms with Gasteiger partial charge < -0.3 is 23.7 Å². The highest BCUT2D eigenvalue weighted by atomic mass is 35.5. The van der Waals surface area contributed by atoms with Crippen molar-refractivity contribution in [2.45, 2.75) is 26.5 Å². The van der Waals surface area contributed by atoms with Crippen LogP contribution < -0.4 is 33.8 Å². The van der Waals surface area contributed by atoms with E-state index in [1.165, 1.54) is 36.3 Å². The fraction of sp³-hybridized carbons (Fsp3) is 0.242. The van der Waals surface area contributed by atoms with Crippen molar-refractivity contribution in [2.75, 3.05) is 27.4 Å². The maximum atomic E-state index is 14.0. The molecule has 1 aliphatic rings. The fourth-order valence-corrected chi connectivity index (χ4v) is 6.21. The monoisotopic (exact) mass is 668 g/mol. The Kier molecular flexibility index (Phi) is 10.2. The predicted octanol–water partition coefficient (Wildman–Crippen LogP) is 5.71. The van der Waals surface area contributed by atoms with E-state index in [0.29, 0.717) is 66.7 Å². The van der Waals surface area contributed by atoms with Crippen LogP contribution >= 0.6 is 34.5 Å². The highest BCUT2D eigenvalue weighted by Crippen LogP contribution is 2.38. The molecule has 0 amide bonds. The molecule has 0 spiro atoms. The Balaban J connectivity index is 1.56. The molecule has 0 N–H and O–H groups in total. The van der Waals surface area contributed by atoms with Crippen molar-refractivity contribution in [1.29, 1.82) is 0 Å². The summed E-state index contributed by atoms with van der Waals surface area (Å²) in [5.41, 5.74) is 2.01. The van der Waals surface area contributed by atoms with Gasteiger partial charge in [-0.1, -0.05) is 52.7 Å². The summed E-state index contributed by atoms with van der Waals surface area (Å²) in [5.74, 6) is 1.23. The molecule has 5 rings (SSSR count). The summed E-state index contributed by atoms with van der Waals surface area (Å²) in [6, 6.07) is 15.2. The summed E-state index contributed by atoms with van der Waals surface area (Å²) in [6.07, 6.45) is 3.14. The molecule has 1 aliphatic heterocycles. The first-order valence-corrected chi connectivity index (χ1v) is 15.6. The second-order valence-corrected chi connectivity index (χ2v) is 11.6. The predicted molar refractivity (Wildman–Crippen MR) is 174 cm³/mol. The Bertz CT molecular complexity index is 1930. The number of halogens is 2. The minimum Gasteiger partial charge on any atom is -0.493 e. The molecule has 12 heteroatoms. The highest BCUT2D eigenvalue weighted by molar-refractivity contribution is 7.07. The quantitative estimate of drug-likeness (QED) is 0.189. The van der Waals surface area contributed by atoms with E-state index in [1.807, 2.05) is 26.0 Å². The molecule has 2 heterocycles. The Hall–Kier alpha value is -4.25. The Morgan fingerprint density at radius 3 is 2.38 bits per heavy atom. The molecule has 0 unspecified atom stereocenters. The van der Waals surface area contributed by atoms with E-state index in [2.05, 4.69) is 4.99 Å². The van der Waals surface area contributed by atoms with Gasteiger partial charge in [-0.25, -0.2) is 9.79 Å². The van der Waals surface area contributed by atoms with Crippen LogP contribution in [0.2, 0.25) is 10.0 Å². The summed E-state index contributed by atoms with van der Waals surface area (Å²) in [4.78, 5) is 31.7. The number of rotatable bonds is 11. The number of carbonyl (C=O) groups excluding carboxylic acids is 1. The summed E-state index contributed by atoms with van der Waals surface area (Å²) in [6.45, 7) is 4.86. The maximum absolute atomic E-state index is 14.0. The first kappa shape index (κ1) is 32.2. The Labute approximate surface area is 273 Å². The molecule has 0 saturated heterocycles. The molecular formula is C33H30Cl2N2O7S. The summed E-state index contributed by atoms with van der Waals surface area (Å²) in [5, 5.41) is 0.942. The molecule has 0 radical (unpaired) electrons. The minimum absolute atomic E-state index is 0.204. The summed E-state index contributed by atoms with van der Waals surface area (Å²) >= 11 is 13.8. The normalized spacial score (nSPS) is 14.2. The van der Waals surface area contributed by atoms with Gasteiger partial charge in [0.15, 0.2) is 27.8 Å². The molecule has 234 valence electrons. The van der Waals surface area contributed by atoms with Crippen LogP contribution in [0.3, 0.4) is 0 Å². The fourth-order valence-electron chi connectivity index (χ4n) is 4.84. The number of thiazole rings is 1. The zero-order chi connectivity index (χ0) is 32.1. The van der Waals surface area contributed by atoms with E-state index in [1.54, 1.807) is 48.5 Å². The smallest absolute Gasteiger partial charge is 0.337 e. The van der Waals surface area contributed by atoms with Crippen LogP contribution in [0.1, 0.15) is 36.6 Å². The van der Waals surface area contributed by atoms with E-state index in [9.17, 15) is 9.59 Å². The van der Waals surface area contributed by atoms with Gasteiger partial charge in [0, 0.05) is 11.2 Å². The van der Waals surface area contributed by atoms with E-state index in [-0.39, 0.29) is 17.7 Å². The zero-order valence-electron chi connectivity index (χ0n) is 25.0. The summed E-state index contributed by atoms with van der Waals surface area (Å²) < 4.78 is 30.0. The van der Waals surface area contributed by atoms with Crippen molar-refractivity contribution < 1.29 is 28.5 Å². The molecule has 0 saturated carbocycles. The van der Waals surface area contributed by atoms with Crippen molar-refractivity contribution in [3.05, 3.63) is 113 Å². The standard InChI is InChI=1S/C33H30Cl2N2O7S/c1-5-42-25-12-9-21(16-26(25)43-6-2)29-23(32(39)41-4)17-36-33-37(29)31(38)28(45-33)15-20-13-24(35)30(27(14-20)40-3)44-18-19-7-10-22(34)11-8-19/h7-17,29H,5-6,18H2,1-4H3/b28-15-/t29-/m1/s1. The van der Waals surface area contributed by atoms with Gasteiger partial charge >= 0.3 is 5.97 Å². The van der Waals surface area contributed by atoms with Crippen molar-refractivity contribution in [3.63, 3.8) is 0 Å². The largest absolute Gasteiger partial charge is 0.493 e. The Morgan fingerprint density at radius 2 is 1.69 bits per heavy atom. The van der Waals surface area contributed by atoms with Gasteiger partial charge in [0.05, 0.1) is 48.6 Å². The number of hydrogen-bond donors (Lipinski definition) is 0. The van der Waals surface area contributed by atoms with Gasteiger partial charge in [-0.2, -0.15) is 0 Å². The van der Waals surface area contributed by atoms with Crippen LogP contribution in [0.25, 0.3) is 6.08 Å². The number of aromatic nitrogens is 1. The number of ether oxygens (including phenoxy) is 5. The van der Waals surface area contributed by atoms with Crippen molar-refractivity contribution >= 4 is 46.6 Å². The van der Waals surface area contributed by atoms with E-state index in [4.69, 9.17) is 46.9 Å². The van der Waals surface area contributed by atoms with Gasteiger partial charge in [-0.3, -0.25) is 9.36 Å². The molecule has 0 bridgehead atoms. The first-order chi connectivity index (χ1) is 21.8. The van der Waals surface area contributed by atoms with Gasteiger partial charge in [0.25, 0.3) is 5.56 Å². The summed E-state index contributed by atoms with van der Waals surface area (Å²) in [7, 11) is 2.80. The van der Waals surface area contributed by atoms with Crippen LogP contribution in [0, 0.1) is 0 Å². The first-order valence-electron chi connectivity index (χ1n) is 14.0. The lowest BCUT2D eigenvalue weighted by molar-refractivity contribution is -0.136. The third kappa shape index (κ3) is 6.88. The molecular weight excluding hydrogens is 639 g/mol. The van der Waals surface area contributed by atoms with Crippen LogP contribution in [0.5, 0.6) is 23.0 Å². The molecule has 1 atom stereocenters. The number of nitrogens with zero attached hydrogens (tertiary/aromatic N) is 2. The second-order valence-electron chi connectivity index (χ2n) is 9.70. The van der Waals surface area contributed by atoms with Gasteiger partial charge in [-0.15, -0.1) is 0 Å². The number of esters is 1. The number of carbonyl (C=O) groups is 1. The second kappa shape index (κ2) is 14.2. The number of benzene rings is 3. The number of fused-ring (bicyclic) bond motifs is 1. The lowest BCUT2D eigenvalue weighted by Crippen LogP contribution is -2.39. The topological polar surface area (TPSA) is 97.6 Å². The van der Waals surface area contributed by atoms with Gasteiger partial charge in [-0.05, 0) is 73.0 Å². The number of methoxy groups -OCH3 is 2. The van der Waals surface area contributed by atoms with Gasteiger partial charge in [0.1, 0.15) is 6.61 Å². The lowest BCUT2D eigenvalue weighted by Gasteiger charge is -2.23. The molecule has 45 heavy (non-hydrogen) atoms. The average molecular weight is 670 g/mol. The minimum atomic E-state index is -0.812. The SMILES string of the molecule is CCOc1ccc([C@@H]2C(C(=O)OC)=CN=c3s/c(=C\c4cc(Cl)c(OCc5ccc(Cl)cc5)c(OC)c4)c(=O)n32)cc1OCC. The van der Waals surface area contributed by atoms with E-state index in [0.717, 1.165) is 5.56 Å². The van der Waals surface area contributed by atoms with Crippen LogP contribution in [-0.2, 0) is 16.1 Å². The lowest BCUT2D eigenvalue weighted by atomic mass is 9.97. The van der Waals surface area contributed by atoms with Crippen molar-refractivity contribution in [2.24, 2.45) is 4.99 Å². The van der Waals surface area contributed by atoms with Gasteiger partial charge in [0.2, 0.25) is 0 Å². The third-order valence-electron chi connectivity index (χ3n) is 6.85. The van der Waals surface area contributed by atoms with Crippen LogP contribution in [-0.4, -0.2) is 38.0 Å². The third-order valence-corrected chi connectivity index (χ3v) is 8.38. The maximum Gasteiger partial charge on any atom is 0.337 e. The zero-order valence-corrected chi connectivity index (χ0v) is 27.3. The van der Waals surface area contributed by atoms with E-state index < -0.39 is 12.0 Å². The highest BCUT2D eigenvalue weighted by Gasteiger charge is 2.31. The van der Waals surface area contributed by atoms with E-state index >= 15 is 0 Å². The molecule has 1 aromatic heterocycles. The van der Waals surface area contributed by atoms with Crippen molar-refractivity contribution in [3.8, 4) is 23.0 Å². The van der Waals surface area contributed by atoms with Crippen molar-refractivity contribution in [1.82, 2.24) is 4.57 Å². The van der Waals surface area contributed by atoms with Crippen LogP contribution in [0.15, 0.2) is 76.2 Å². The Morgan fingerprint density at radius 1 is 0.956 bits per heavy atom. The molecule has 0 fully saturated rings. The van der Waals surface area contributed by atoms with Crippen LogP contribution in [0.4, 0.5) is 0 Å². The molecule has 3 aromatic carbocycles. The molecule has 9 nitrogen and oxygen atoms in total. The molecule has 4 aromatic rings. The molecule has 0 aliphatic carbocycles. The average Bonchev–Trinajstić information content (AvgIpc) is 3.35. The number of hydrogen-bond acceptors (Lipinski definition) is 9.